The van der Waals surface area contributed by atoms with Gasteiger partial charge in [-0.15, -0.1) is 0 Å². The summed E-state index contributed by atoms with van der Waals surface area (Å²) in [4.78, 5) is 14.5. The number of pyridine rings is 1. The molecule has 118 valence electrons. The van der Waals surface area contributed by atoms with E-state index in [0.717, 1.165) is 6.42 Å². The summed E-state index contributed by atoms with van der Waals surface area (Å²) in [6, 6.07) is 2.65. The van der Waals surface area contributed by atoms with Gasteiger partial charge in [0.25, 0.3) is 5.69 Å². The van der Waals surface area contributed by atoms with E-state index in [2.05, 4.69) is 15.6 Å². The van der Waals surface area contributed by atoms with Crippen LogP contribution in [-0.4, -0.2) is 37.2 Å². The second kappa shape index (κ2) is 7.74. The van der Waals surface area contributed by atoms with Crippen molar-refractivity contribution in [1.82, 2.24) is 4.98 Å². The van der Waals surface area contributed by atoms with Gasteiger partial charge < -0.3 is 10.6 Å². The Labute approximate surface area is 123 Å². The number of rotatable bonds is 9. The van der Waals surface area contributed by atoms with Gasteiger partial charge in [0.2, 0.25) is 10.0 Å². The standard InChI is InChI=1S/C11H19N5O4S/c1-2-4-13-10-7-9(16(17)18)8-11(15-10)14-5-3-6-21(12,19)20/h7-8H,2-6H2,1H3,(H2,12,19,20)(H2,13,14,15). The number of hydrogen-bond acceptors (Lipinski definition) is 7. The highest BCUT2D eigenvalue weighted by Gasteiger charge is 2.11. The molecule has 1 aromatic rings. The summed E-state index contributed by atoms with van der Waals surface area (Å²) in [6.07, 6.45) is 1.16. The van der Waals surface area contributed by atoms with Gasteiger partial charge in [-0.05, 0) is 12.8 Å². The van der Waals surface area contributed by atoms with Gasteiger partial charge in [-0.3, -0.25) is 10.1 Å². The quantitative estimate of drug-likeness (QED) is 0.349. The van der Waals surface area contributed by atoms with Gasteiger partial charge in [-0.2, -0.15) is 0 Å². The Morgan fingerprint density at radius 2 is 1.86 bits per heavy atom. The summed E-state index contributed by atoms with van der Waals surface area (Å²) >= 11 is 0. The van der Waals surface area contributed by atoms with Gasteiger partial charge in [-0.1, -0.05) is 6.92 Å². The molecule has 0 radical (unpaired) electrons. The van der Waals surface area contributed by atoms with E-state index in [0.29, 0.717) is 31.1 Å². The van der Waals surface area contributed by atoms with Crippen molar-refractivity contribution in [1.29, 1.82) is 0 Å². The van der Waals surface area contributed by atoms with Crippen LogP contribution in [0.1, 0.15) is 19.8 Å². The van der Waals surface area contributed by atoms with Gasteiger partial charge in [-0.25, -0.2) is 18.5 Å². The third-order valence-corrected chi connectivity index (χ3v) is 3.35. The fourth-order valence-corrected chi connectivity index (χ4v) is 2.09. The van der Waals surface area contributed by atoms with Crippen LogP contribution in [0.2, 0.25) is 0 Å². The Balaban J connectivity index is 2.71. The van der Waals surface area contributed by atoms with E-state index in [-0.39, 0.29) is 11.4 Å². The normalized spacial score (nSPS) is 11.1. The molecule has 4 N–H and O–H groups in total. The lowest BCUT2D eigenvalue weighted by Gasteiger charge is -2.08. The SMILES string of the molecule is CCCNc1cc([N+](=O)[O-])cc(NCCCS(N)(=O)=O)n1. The van der Waals surface area contributed by atoms with E-state index in [1.807, 2.05) is 6.92 Å². The first-order chi connectivity index (χ1) is 9.81. The molecule has 0 amide bonds. The number of sulfonamides is 1. The van der Waals surface area contributed by atoms with Gasteiger partial charge in [0.1, 0.15) is 11.6 Å². The van der Waals surface area contributed by atoms with Crippen LogP contribution in [-0.2, 0) is 10.0 Å². The Morgan fingerprint density at radius 3 is 2.33 bits per heavy atom. The van der Waals surface area contributed by atoms with Crippen LogP contribution in [0.15, 0.2) is 12.1 Å². The second-order valence-corrected chi connectivity index (χ2v) is 6.16. The average molecular weight is 317 g/mol. The van der Waals surface area contributed by atoms with E-state index in [4.69, 9.17) is 5.14 Å². The van der Waals surface area contributed by atoms with Crippen molar-refractivity contribution in [3.63, 3.8) is 0 Å². The fraction of sp³-hybridized carbons (Fsp3) is 0.545. The lowest BCUT2D eigenvalue weighted by molar-refractivity contribution is -0.384. The number of anilines is 2. The lowest BCUT2D eigenvalue weighted by Crippen LogP contribution is -2.19. The van der Waals surface area contributed by atoms with Crippen LogP contribution in [0, 0.1) is 10.1 Å². The molecule has 0 aliphatic heterocycles. The number of nitrogens with one attached hydrogen (secondary N) is 2. The highest BCUT2D eigenvalue weighted by Crippen LogP contribution is 2.20. The summed E-state index contributed by atoms with van der Waals surface area (Å²) in [5.74, 6) is 0.563. The number of hydrogen-bond donors (Lipinski definition) is 3. The number of aromatic nitrogens is 1. The molecule has 10 heteroatoms. The first-order valence-electron chi connectivity index (χ1n) is 6.46. The molecule has 0 bridgehead atoms. The Hall–Kier alpha value is -1.94. The van der Waals surface area contributed by atoms with Gasteiger partial charge in [0.05, 0.1) is 22.8 Å². The zero-order chi connectivity index (χ0) is 15.9. The van der Waals surface area contributed by atoms with E-state index < -0.39 is 14.9 Å². The third kappa shape index (κ3) is 6.86. The Kier molecular flexibility index (Phi) is 6.31. The number of nitro groups is 1. The van der Waals surface area contributed by atoms with E-state index in [9.17, 15) is 18.5 Å². The first kappa shape index (κ1) is 17.1. The predicted octanol–water partition coefficient (Wildman–Crippen LogP) is 0.902. The summed E-state index contributed by atoms with van der Waals surface area (Å²) < 4.78 is 21.6. The molecule has 0 saturated carbocycles. The summed E-state index contributed by atoms with van der Waals surface area (Å²) in [5, 5.41) is 21.6. The summed E-state index contributed by atoms with van der Waals surface area (Å²) in [7, 11) is -3.50. The van der Waals surface area contributed by atoms with Gasteiger partial charge in [0.15, 0.2) is 0 Å². The maximum atomic E-state index is 10.9. The first-order valence-corrected chi connectivity index (χ1v) is 8.18. The molecular weight excluding hydrogens is 298 g/mol. The van der Waals surface area contributed by atoms with Crippen molar-refractivity contribution in [3.05, 3.63) is 22.2 Å². The monoisotopic (exact) mass is 317 g/mol. The molecule has 21 heavy (non-hydrogen) atoms. The molecule has 0 saturated heterocycles. The molecule has 0 unspecified atom stereocenters. The summed E-state index contributed by atoms with van der Waals surface area (Å²) in [6.45, 7) is 2.92. The molecular formula is C11H19N5O4S. The molecule has 1 rings (SSSR count). The minimum atomic E-state index is -3.50. The van der Waals surface area contributed by atoms with E-state index >= 15 is 0 Å². The van der Waals surface area contributed by atoms with Crippen molar-refractivity contribution >= 4 is 27.3 Å². The highest BCUT2D eigenvalue weighted by atomic mass is 32.2. The average Bonchev–Trinajstić information content (AvgIpc) is 2.40. The fourth-order valence-electron chi connectivity index (χ4n) is 1.55. The minimum absolute atomic E-state index is 0.0856. The van der Waals surface area contributed by atoms with Crippen molar-refractivity contribution in [2.45, 2.75) is 19.8 Å². The molecule has 1 heterocycles. The van der Waals surface area contributed by atoms with Crippen molar-refractivity contribution < 1.29 is 13.3 Å². The molecule has 0 spiro atoms. The summed E-state index contributed by atoms with van der Waals surface area (Å²) in [5.41, 5.74) is -0.0856. The molecule has 0 aromatic carbocycles. The number of nitrogens with zero attached hydrogens (tertiary/aromatic N) is 2. The Bertz CT molecular complexity index is 590. The predicted molar refractivity (Wildman–Crippen MR) is 80.8 cm³/mol. The van der Waals surface area contributed by atoms with Crippen molar-refractivity contribution in [2.24, 2.45) is 5.14 Å². The Morgan fingerprint density at radius 1 is 1.29 bits per heavy atom. The van der Waals surface area contributed by atoms with Crippen LogP contribution in [0.3, 0.4) is 0 Å². The molecule has 0 aliphatic carbocycles. The van der Waals surface area contributed by atoms with Crippen LogP contribution in [0.25, 0.3) is 0 Å². The zero-order valence-corrected chi connectivity index (χ0v) is 12.5. The molecule has 9 nitrogen and oxygen atoms in total. The largest absolute Gasteiger partial charge is 0.370 e. The maximum Gasteiger partial charge on any atom is 0.276 e. The van der Waals surface area contributed by atoms with Crippen LogP contribution in [0.5, 0.6) is 0 Å². The number of primary sulfonamides is 1. The highest BCUT2D eigenvalue weighted by molar-refractivity contribution is 7.89. The van der Waals surface area contributed by atoms with Gasteiger partial charge >= 0.3 is 0 Å². The molecule has 0 aliphatic rings. The van der Waals surface area contributed by atoms with Crippen LogP contribution < -0.4 is 15.8 Å². The minimum Gasteiger partial charge on any atom is -0.370 e. The topological polar surface area (TPSA) is 140 Å². The number of nitrogens with two attached hydrogens (primary N) is 1. The van der Waals surface area contributed by atoms with Crippen LogP contribution in [0.4, 0.5) is 17.3 Å². The second-order valence-electron chi connectivity index (χ2n) is 4.43. The lowest BCUT2D eigenvalue weighted by atomic mass is 10.3. The van der Waals surface area contributed by atoms with E-state index in [1.165, 1.54) is 12.1 Å². The van der Waals surface area contributed by atoms with Crippen molar-refractivity contribution in [2.75, 3.05) is 29.5 Å². The molecule has 1 aromatic heterocycles. The molecule has 0 atom stereocenters. The molecule has 0 fully saturated rings. The van der Waals surface area contributed by atoms with Crippen molar-refractivity contribution in [3.8, 4) is 0 Å². The third-order valence-electron chi connectivity index (χ3n) is 2.49. The maximum absolute atomic E-state index is 10.9. The smallest absolute Gasteiger partial charge is 0.276 e. The van der Waals surface area contributed by atoms with Gasteiger partial charge in [0, 0.05) is 13.1 Å². The zero-order valence-electron chi connectivity index (χ0n) is 11.7. The van der Waals surface area contributed by atoms with Crippen LogP contribution >= 0.6 is 0 Å². The van der Waals surface area contributed by atoms with E-state index in [1.54, 1.807) is 0 Å².